The summed E-state index contributed by atoms with van der Waals surface area (Å²) in [4.78, 5) is 25.8. The van der Waals surface area contributed by atoms with Gasteiger partial charge in [0.15, 0.2) is 17.6 Å². The average molecular weight is 386 g/mol. The lowest BCUT2D eigenvalue weighted by Gasteiger charge is -2.30. The zero-order valence-corrected chi connectivity index (χ0v) is 15.8. The Bertz CT molecular complexity index is 935. The fourth-order valence-corrected chi connectivity index (χ4v) is 3.70. The Morgan fingerprint density at radius 2 is 1.82 bits per heavy atom. The van der Waals surface area contributed by atoms with Crippen molar-refractivity contribution in [3.05, 3.63) is 41.2 Å². The first-order valence-electron chi connectivity index (χ1n) is 9.18. The highest BCUT2D eigenvalue weighted by Crippen LogP contribution is 2.33. The summed E-state index contributed by atoms with van der Waals surface area (Å²) in [5, 5.41) is 9.17. The maximum atomic E-state index is 13.0. The van der Waals surface area contributed by atoms with Gasteiger partial charge in [-0.05, 0) is 32.0 Å². The minimum Gasteiger partial charge on any atom is -0.486 e. The highest BCUT2D eigenvalue weighted by Gasteiger charge is 2.31. The Morgan fingerprint density at radius 1 is 1.07 bits per heavy atom. The van der Waals surface area contributed by atoms with Gasteiger partial charge in [0.25, 0.3) is 5.91 Å². The van der Waals surface area contributed by atoms with Crippen molar-refractivity contribution in [2.24, 2.45) is 0 Å². The van der Waals surface area contributed by atoms with Crippen LogP contribution in [-0.4, -0.2) is 65.5 Å². The molecule has 148 valence electrons. The summed E-state index contributed by atoms with van der Waals surface area (Å²) in [5.74, 6) is 0.147. The molecule has 28 heavy (non-hydrogen) atoms. The predicted molar refractivity (Wildman–Crippen MR) is 99.5 cm³/mol. The van der Waals surface area contributed by atoms with Crippen LogP contribution < -0.4 is 9.47 Å². The summed E-state index contributed by atoms with van der Waals surface area (Å²) in [6, 6.07) is 7.53. The fourth-order valence-electron chi connectivity index (χ4n) is 3.70. The molecule has 2 aliphatic rings. The number of rotatable bonds is 3. The van der Waals surface area contributed by atoms with Gasteiger partial charge in [-0.3, -0.25) is 4.79 Å². The molecule has 0 saturated carbocycles. The van der Waals surface area contributed by atoms with Crippen molar-refractivity contribution in [2.75, 3.05) is 32.9 Å². The van der Waals surface area contributed by atoms with E-state index in [1.807, 2.05) is 42.7 Å². The van der Waals surface area contributed by atoms with E-state index in [4.69, 9.17) is 19.3 Å². The smallest absolute Gasteiger partial charge is 0.334 e. The van der Waals surface area contributed by atoms with E-state index < -0.39 is 12.1 Å². The van der Waals surface area contributed by atoms with Gasteiger partial charge in [0.2, 0.25) is 0 Å². The van der Waals surface area contributed by atoms with Crippen LogP contribution >= 0.6 is 0 Å². The van der Waals surface area contributed by atoms with Gasteiger partial charge < -0.3 is 28.8 Å². The summed E-state index contributed by atoms with van der Waals surface area (Å²) in [7, 11) is 0. The zero-order valence-electron chi connectivity index (χ0n) is 15.8. The summed E-state index contributed by atoms with van der Waals surface area (Å²) < 4.78 is 18.4. The van der Waals surface area contributed by atoms with Gasteiger partial charge in [0.05, 0.1) is 18.7 Å². The maximum absolute atomic E-state index is 13.0. The number of carbonyl (C=O) groups is 2. The number of hydrogen-bond acceptors (Lipinski definition) is 5. The number of aryl methyl sites for hydroxylation is 1. The Hall–Kier alpha value is -3.00. The Kier molecular flexibility index (Phi) is 4.72. The molecule has 2 aromatic rings. The van der Waals surface area contributed by atoms with Gasteiger partial charge in [-0.2, -0.15) is 0 Å². The molecule has 8 nitrogen and oxygen atoms in total. The summed E-state index contributed by atoms with van der Waals surface area (Å²) in [6.07, 6.45) is -0.987. The molecule has 0 unspecified atom stereocenters. The van der Waals surface area contributed by atoms with Crippen LogP contribution in [-0.2, 0) is 9.53 Å². The number of aromatic nitrogens is 1. The number of fused-ring (bicyclic) bond motifs is 1. The van der Waals surface area contributed by atoms with E-state index in [9.17, 15) is 9.59 Å². The van der Waals surface area contributed by atoms with Crippen LogP contribution in [0.2, 0.25) is 0 Å². The molecule has 1 fully saturated rings. The van der Waals surface area contributed by atoms with E-state index in [-0.39, 0.29) is 19.1 Å². The van der Waals surface area contributed by atoms with Crippen LogP contribution in [0.5, 0.6) is 11.5 Å². The van der Waals surface area contributed by atoms with Crippen LogP contribution in [0, 0.1) is 13.8 Å². The molecule has 4 rings (SSSR count). The summed E-state index contributed by atoms with van der Waals surface area (Å²) >= 11 is 0. The lowest BCUT2D eigenvalue weighted by molar-refractivity contribution is -0.154. The maximum Gasteiger partial charge on any atom is 0.334 e. The van der Waals surface area contributed by atoms with Crippen LogP contribution in [0.25, 0.3) is 5.69 Å². The van der Waals surface area contributed by atoms with Crippen LogP contribution in [0.4, 0.5) is 0 Å². The Balaban J connectivity index is 1.64. The van der Waals surface area contributed by atoms with Gasteiger partial charge in [-0.15, -0.1) is 0 Å². The lowest BCUT2D eigenvalue weighted by Crippen LogP contribution is -2.48. The number of nitrogens with zero attached hydrogens (tertiary/aromatic N) is 2. The molecule has 3 heterocycles. The first-order valence-corrected chi connectivity index (χ1v) is 9.18. The fraction of sp³-hybridized carbons (Fsp3) is 0.400. The number of carbonyl (C=O) groups excluding carboxylic acids is 1. The molecule has 1 atom stereocenters. The van der Waals surface area contributed by atoms with Gasteiger partial charge in [-0.1, -0.05) is 0 Å². The first-order chi connectivity index (χ1) is 13.5. The molecule has 1 aromatic heterocycles. The van der Waals surface area contributed by atoms with Gasteiger partial charge in [0, 0.05) is 29.7 Å². The number of carboxylic acid groups (broad SMARTS) is 1. The van der Waals surface area contributed by atoms with E-state index in [0.29, 0.717) is 36.8 Å². The van der Waals surface area contributed by atoms with Crippen molar-refractivity contribution >= 4 is 11.9 Å². The summed E-state index contributed by atoms with van der Waals surface area (Å²) in [6.45, 7) is 5.48. The molecule has 0 spiro atoms. The highest BCUT2D eigenvalue weighted by molar-refractivity contribution is 5.96. The predicted octanol–water partition coefficient (Wildman–Crippen LogP) is 1.79. The number of aliphatic carboxylic acids is 1. The Labute approximate surface area is 162 Å². The zero-order chi connectivity index (χ0) is 19.8. The molecular weight excluding hydrogens is 364 g/mol. The van der Waals surface area contributed by atoms with E-state index in [2.05, 4.69) is 0 Å². The third-order valence-electron chi connectivity index (χ3n) is 5.07. The molecule has 0 bridgehead atoms. The Morgan fingerprint density at radius 3 is 2.57 bits per heavy atom. The van der Waals surface area contributed by atoms with E-state index in [1.54, 1.807) is 0 Å². The average Bonchev–Trinajstić information content (AvgIpc) is 3.01. The SMILES string of the molecule is Cc1cc(C(=O)N2CCO[C@H](C(=O)O)C2)c(C)n1-c1ccc2c(c1)OCCO2. The monoisotopic (exact) mass is 386 g/mol. The lowest BCUT2D eigenvalue weighted by atomic mass is 10.2. The topological polar surface area (TPSA) is 90.2 Å². The van der Waals surface area contributed by atoms with Crippen molar-refractivity contribution < 1.29 is 28.9 Å². The van der Waals surface area contributed by atoms with Crippen LogP contribution in [0.3, 0.4) is 0 Å². The number of amides is 1. The minimum atomic E-state index is -1.06. The van der Waals surface area contributed by atoms with Crippen LogP contribution in [0.15, 0.2) is 24.3 Å². The summed E-state index contributed by atoms with van der Waals surface area (Å²) in [5.41, 5.74) is 3.13. The number of carboxylic acids is 1. The van der Waals surface area contributed by atoms with E-state index in [1.165, 1.54) is 4.90 Å². The molecule has 0 aliphatic carbocycles. The number of ether oxygens (including phenoxy) is 3. The van der Waals surface area contributed by atoms with Crippen molar-refractivity contribution in [1.82, 2.24) is 9.47 Å². The highest BCUT2D eigenvalue weighted by atomic mass is 16.6. The van der Waals surface area contributed by atoms with E-state index >= 15 is 0 Å². The molecule has 1 N–H and O–H groups in total. The van der Waals surface area contributed by atoms with Gasteiger partial charge >= 0.3 is 5.97 Å². The standard InChI is InChI=1S/C20H22N2O6/c1-12-9-15(19(23)21-5-6-26-18(11-21)20(24)25)13(2)22(12)14-3-4-16-17(10-14)28-8-7-27-16/h3-4,9-10,18H,5-8,11H2,1-2H3,(H,24,25)/t18-/m0/s1. The second-order valence-electron chi connectivity index (χ2n) is 6.90. The second kappa shape index (κ2) is 7.20. The van der Waals surface area contributed by atoms with Gasteiger partial charge in [-0.25, -0.2) is 4.79 Å². The van der Waals surface area contributed by atoms with E-state index in [0.717, 1.165) is 17.1 Å². The van der Waals surface area contributed by atoms with Crippen molar-refractivity contribution in [2.45, 2.75) is 20.0 Å². The number of morpholine rings is 1. The van der Waals surface area contributed by atoms with Crippen molar-refractivity contribution in [3.63, 3.8) is 0 Å². The van der Waals surface area contributed by atoms with Crippen molar-refractivity contribution in [3.8, 4) is 17.2 Å². The molecule has 1 aromatic carbocycles. The minimum absolute atomic E-state index is 0.0435. The molecular formula is C20H22N2O6. The third-order valence-corrected chi connectivity index (χ3v) is 5.07. The normalized spacial score (nSPS) is 18.8. The first kappa shape index (κ1) is 18.4. The number of benzene rings is 1. The van der Waals surface area contributed by atoms with Gasteiger partial charge in [0.1, 0.15) is 13.2 Å². The van der Waals surface area contributed by atoms with Crippen molar-refractivity contribution in [1.29, 1.82) is 0 Å². The quantitative estimate of drug-likeness (QED) is 0.865. The molecule has 2 aliphatic heterocycles. The third kappa shape index (κ3) is 3.20. The molecule has 8 heteroatoms. The second-order valence-corrected chi connectivity index (χ2v) is 6.90. The largest absolute Gasteiger partial charge is 0.486 e. The molecule has 1 saturated heterocycles. The van der Waals surface area contributed by atoms with Crippen LogP contribution in [0.1, 0.15) is 21.7 Å². The molecule has 1 amide bonds. The molecule has 0 radical (unpaired) electrons. The number of hydrogen-bond donors (Lipinski definition) is 1.